The van der Waals surface area contributed by atoms with Crippen LogP contribution in [0.15, 0.2) is 36.5 Å². The van der Waals surface area contributed by atoms with E-state index in [4.69, 9.17) is 9.05 Å². The summed E-state index contributed by atoms with van der Waals surface area (Å²) in [5, 5.41) is 13.9. The fraction of sp³-hybridized carbons (Fsp3) is 0.873. The minimum absolute atomic E-state index is 0.0549. The van der Waals surface area contributed by atoms with Crippen LogP contribution >= 0.6 is 7.82 Å². The Bertz CT molecular complexity index is 1140. The Kier molecular flexibility index (Phi) is 45.9. The van der Waals surface area contributed by atoms with Crippen LogP contribution in [-0.2, 0) is 18.4 Å². The number of nitrogens with zero attached hydrogens (tertiary/aromatic N) is 1. The number of carbonyl (C=O) groups excluding carboxylic acids is 1. The molecule has 0 bridgehead atoms. The van der Waals surface area contributed by atoms with E-state index in [2.05, 4.69) is 43.5 Å². The van der Waals surface area contributed by atoms with Crippen LogP contribution in [0.2, 0.25) is 0 Å². The Labute approximate surface area is 397 Å². The molecule has 3 unspecified atom stereocenters. The summed E-state index contributed by atoms with van der Waals surface area (Å²) in [6.07, 6.45) is 59.6. The number of nitrogens with one attached hydrogen (secondary N) is 1. The maximum Gasteiger partial charge on any atom is 0.472 e. The number of carbonyl (C=O) groups is 1. The minimum atomic E-state index is -4.35. The van der Waals surface area contributed by atoms with E-state index >= 15 is 0 Å². The topological polar surface area (TPSA) is 105 Å². The SMILES string of the molecule is CCCCCCCC/C=C/CC/C=C/CC/C=C/C(O)C(COP(=O)(O)OCC[N+](C)(C)C)NC(=O)CCCCCCCCCCCCCCCCCCCCCCCCCCCC. The van der Waals surface area contributed by atoms with Gasteiger partial charge in [-0.15, -0.1) is 0 Å². The number of aliphatic hydroxyl groups excluding tert-OH is 1. The van der Waals surface area contributed by atoms with Crippen molar-refractivity contribution in [2.45, 2.75) is 270 Å². The van der Waals surface area contributed by atoms with E-state index in [1.807, 2.05) is 27.2 Å². The van der Waals surface area contributed by atoms with Crippen LogP contribution in [0.3, 0.4) is 0 Å². The molecule has 0 heterocycles. The number of unbranched alkanes of at least 4 members (excludes halogenated alkanes) is 33. The zero-order valence-electron chi connectivity index (χ0n) is 43.0. The van der Waals surface area contributed by atoms with Crippen molar-refractivity contribution in [3.63, 3.8) is 0 Å². The molecular formula is C55H108N2O6P+. The van der Waals surface area contributed by atoms with Crippen molar-refractivity contribution >= 4 is 13.7 Å². The molecule has 0 spiro atoms. The number of hydrogen-bond donors (Lipinski definition) is 3. The fourth-order valence-corrected chi connectivity index (χ4v) is 8.75. The van der Waals surface area contributed by atoms with Gasteiger partial charge in [0, 0.05) is 6.42 Å². The van der Waals surface area contributed by atoms with Crippen molar-refractivity contribution in [3.05, 3.63) is 36.5 Å². The van der Waals surface area contributed by atoms with Crippen molar-refractivity contribution in [1.29, 1.82) is 0 Å². The highest BCUT2D eigenvalue weighted by molar-refractivity contribution is 7.47. The summed E-state index contributed by atoms with van der Waals surface area (Å²) in [6.45, 7) is 4.80. The van der Waals surface area contributed by atoms with E-state index in [0.29, 0.717) is 17.4 Å². The van der Waals surface area contributed by atoms with Crippen molar-refractivity contribution in [2.75, 3.05) is 40.9 Å². The van der Waals surface area contributed by atoms with Crippen molar-refractivity contribution < 1.29 is 32.9 Å². The van der Waals surface area contributed by atoms with Crippen LogP contribution in [0.1, 0.15) is 258 Å². The van der Waals surface area contributed by atoms with Gasteiger partial charge in [-0.25, -0.2) is 4.57 Å². The van der Waals surface area contributed by atoms with Gasteiger partial charge in [-0.2, -0.15) is 0 Å². The van der Waals surface area contributed by atoms with Gasteiger partial charge < -0.3 is 19.8 Å². The largest absolute Gasteiger partial charge is 0.472 e. The predicted octanol–water partition coefficient (Wildman–Crippen LogP) is 16.2. The molecule has 3 N–H and O–H groups in total. The van der Waals surface area contributed by atoms with E-state index in [0.717, 1.165) is 44.9 Å². The van der Waals surface area contributed by atoms with Crippen LogP contribution in [-0.4, -0.2) is 73.4 Å². The van der Waals surface area contributed by atoms with E-state index < -0.39 is 20.0 Å². The average molecular weight is 924 g/mol. The number of quaternary nitrogens is 1. The lowest BCUT2D eigenvalue weighted by Crippen LogP contribution is -2.45. The maximum atomic E-state index is 12.9. The highest BCUT2D eigenvalue weighted by Crippen LogP contribution is 2.43. The number of phosphoric ester groups is 1. The molecule has 0 aromatic heterocycles. The van der Waals surface area contributed by atoms with Crippen LogP contribution in [0, 0.1) is 0 Å². The van der Waals surface area contributed by atoms with Crippen LogP contribution in [0.4, 0.5) is 0 Å². The molecule has 378 valence electrons. The predicted molar refractivity (Wildman–Crippen MR) is 277 cm³/mol. The lowest BCUT2D eigenvalue weighted by molar-refractivity contribution is -0.870. The van der Waals surface area contributed by atoms with Gasteiger partial charge in [0.2, 0.25) is 5.91 Å². The van der Waals surface area contributed by atoms with Gasteiger partial charge in [0.15, 0.2) is 0 Å². The van der Waals surface area contributed by atoms with Gasteiger partial charge in [-0.1, -0.05) is 243 Å². The van der Waals surface area contributed by atoms with Gasteiger partial charge in [0.1, 0.15) is 13.2 Å². The summed E-state index contributed by atoms with van der Waals surface area (Å²) in [6, 6.07) is -0.867. The van der Waals surface area contributed by atoms with Crippen molar-refractivity contribution in [1.82, 2.24) is 5.32 Å². The maximum absolute atomic E-state index is 12.9. The van der Waals surface area contributed by atoms with Gasteiger partial charge in [-0.3, -0.25) is 13.8 Å². The lowest BCUT2D eigenvalue weighted by Gasteiger charge is -2.25. The molecular weight excluding hydrogens is 816 g/mol. The number of aliphatic hydroxyl groups is 1. The van der Waals surface area contributed by atoms with Gasteiger partial charge >= 0.3 is 7.82 Å². The molecule has 9 heteroatoms. The van der Waals surface area contributed by atoms with Crippen LogP contribution in [0.25, 0.3) is 0 Å². The summed E-state index contributed by atoms with van der Waals surface area (Å²) < 4.78 is 23.6. The zero-order chi connectivity index (χ0) is 47.1. The van der Waals surface area contributed by atoms with E-state index in [1.165, 1.54) is 193 Å². The molecule has 0 rings (SSSR count). The summed E-state index contributed by atoms with van der Waals surface area (Å²) in [7, 11) is 1.55. The van der Waals surface area contributed by atoms with E-state index in [1.54, 1.807) is 6.08 Å². The van der Waals surface area contributed by atoms with E-state index in [9.17, 15) is 19.4 Å². The third kappa shape index (κ3) is 48.6. The smallest absolute Gasteiger partial charge is 0.387 e. The first-order valence-corrected chi connectivity index (χ1v) is 28.9. The first kappa shape index (κ1) is 62.7. The zero-order valence-corrected chi connectivity index (χ0v) is 43.9. The second-order valence-corrected chi connectivity index (χ2v) is 21.4. The molecule has 0 aliphatic rings. The standard InChI is InChI=1S/C55H107N2O6P/c1-6-8-10-12-14-16-18-20-22-24-25-26-27-28-29-30-31-32-33-35-37-39-41-43-45-47-49-55(59)56-53(52-63-64(60,61)62-51-50-57(3,4)5)54(58)48-46-44-42-40-38-36-34-23-21-19-17-15-13-11-9-7-2/h21,23,38,40,46,48,53-54,58H,6-20,22,24-37,39,41-45,47,49-52H2,1-5H3,(H-,56,59,60,61)/p+1/b23-21+,40-38+,48-46+. The van der Waals surface area contributed by atoms with Gasteiger partial charge in [0.25, 0.3) is 0 Å². The highest BCUT2D eigenvalue weighted by Gasteiger charge is 2.27. The number of hydrogen-bond acceptors (Lipinski definition) is 5. The Morgan fingerprint density at radius 2 is 0.859 bits per heavy atom. The molecule has 64 heavy (non-hydrogen) atoms. The Morgan fingerprint density at radius 3 is 1.25 bits per heavy atom. The molecule has 0 saturated carbocycles. The molecule has 3 atom stereocenters. The highest BCUT2D eigenvalue weighted by atomic mass is 31.2. The second-order valence-electron chi connectivity index (χ2n) is 19.9. The molecule has 1 amide bonds. The van der Waals surface area contributed by atoms with Crippen LogP contribution in [0.5, 0.6) is 0 Å². The monoisotopic (exact) mass is 924 g/mol. The van der Waals surface area contributed by atoms with Crippen molar-refractivity contribution in [3.8, 4) is 0 Å². The molecule has 0 radical (unpaired) electrons. The lowest BCUT2D eigenvalue weighted by atomic mass is 10.0. The van der Waals surface area contributed by atoms with Gasteiger partial charge in [0.05, 0.1) is 39.9 Å². The summed E-state index contributed by atoms with van der Waals surface area (Å²) >= 11 is 0. The summed E-state index contributed by atoms with van der Waals surface area (Å²) in [5.74, 6) is -0.187. The quantitative estimate of drug-likeness (QED) is 0.0243. The van der Waals surface area contributed by atoms with Crippen LogP contribution < -0.4 is 5.32 Å². The summed E-state index contributed by atoms with van der Waals surface area (Å²) in [5.41, 5.74) is 0. The number of likely N-dealkylation sites (N-methyl/N-ethyl adjacent to an activating group) is 1. The molecule has 0 aromatic carbocycles. The Morgan fingerprint density at radius 1 is 0.516 bits per heavy atom. The first-order valence-electron chi connectivity index (χ1n) is 27.4. The number of rotatable bonds is 50. The summed E-state index contributed by atoms with van der Waals surface area (Å²) in [4.78, 5) is 23.2. The minimum Gasteiger partial charge on any atom is -0.387 e. The molecule has 0 fully saturated rings. The average Bonchev–Trinajstić information content (AvgIpc) is 3.25. The van der Waals surface area contributed by atoms with Gasteiger partial charge in [-0.05, 0) is 44.9 Å². The Hall–Kier alpha value is -1.28. The molecule has 0 aliphatic heterocycles. The molecule has 8 nitrogen and oxygen atoms in total. The molecule has 0 saturated heterocycles. The van der Waals surface area contributed by atoms with Crippen molar-refractivity contribution in [2.24, 2.45) is 0 Å². The number of allylic oxidation sites excluding steroid dienone is 5. The third-order valence-corrected chi connectivity index (χ3v) is 13.3. The molecule has 0 aromatic rings. The third-order valence-electron chi connectivity index (χ3n) is 12.3. The first-order chi connectivity index (χ1) is 31.0. The number of phosphoric acid groups is 1. The van der Waals surface area contributed by atoms with E-state index in [-0.39, 0.29) is 19.1 Å². The molecule has 0 aliphatic carbocycles. The normalized spacial score (nSPS) is 14.3. The second kappa shape index (κ2) is 46.8. The fourth-order valence-electron chi connectivity index (χ4n) is 8.02. The number of amides is 1. The Balaban J connectivity index is 4.20.